The number of nitrogens with zero attached hydrogens (tertiary/aromatic N) is 2. The zero-order valence-electron chi connectivity index (χ0n) is 10.6. The van der Waals surface area contributed by atoms with E-state index in [1.165, 1.54) is 0 Å². The van der Waals surface area contributed by atoms with Gasteiger partial charge in [-0.05, 0) is 31.5 Å². The van der Waals surface area contributed by atoms with Crippen molar-refractivity contribution in [3.63, 3.8) is 0 Å². The first kappa shape index (κ1) is 12.4. The van der Waals surface area contributed by atoms with Crippen LogP contribution in [0.1, 0.15) is 28.7 Å². The Hall–Kier alpha value is -2.10. The lowest BCUT2D eigenvalue weighted by Crippen LogP contribution is -2.05. The van der Waals surface area contributed by atoms with Gasteiger partial charge >= 0.3 is 5.97 Å². The largest absolute Gasteiger partial charge is 0.462 e. The average Bonchev–Trinajstić information content (AvgIpc) is 2.76. The molecule has 0 aliphatic rings. The van der Waals surface area contributed by atoms with Gasteiger partial charge in [0, 0.05) is 18.9 Å². The molecule has 0 saturated heterocycles. The fraction of sp³-hybridized carbons (Fsp3) is 0.286. The highest BCUT2D eigenvalue weighted by Crippen LogP contribution is 2.09. The highest BCUT2D eigenvalue weighted by molar-refractivity contribution is 5.89. The molecular weight excluding hydrogens is 228 g/mol. The van der Waals surface area contributed by atoms with Gasteiger partial charge in [0.25, 0.3) is 0 Å². The van der Waals surface area contributed by atoms with E-state index in [0.717, 1.165) is 17.9 Å². The summed E-state index contributed by atoms with van der Waals surface area (Å²) in [6, 6.07) is 7.45. The molecular formula is C14H16N2O2. The van der Waals surface area contributed by atoms with Crippen molar-refractivity contribution in [3.05, 3.63) is 53.6 Å². The summed E-state index contributed by atoms with van der Waals surface area (Å²) in [5, 5.41) is 0. The van der Waals surface area contributed by atoms with Gasteiger partial charge in [-0.2, -0.15) is 0 Å². The Morgan fingerprint density at radius 3 is 2.61 bits per heavy atom. The van der Waals surface area contributed by atoms with Gasteiger partial charge in [-0.25, -0.2) is 9.78 Å². The molecule has 1 heterocycles. The van der Waals surface area contributed by atoms with Crippen molar-refractivity contribution < 1.29 is 9.53 Å². The molecule has 4 nitrogen and oxygen atoms in total. The van der Waals surface area contributed by atoms with Gasteiger partial charge in [0.2, 0.25) is 0 Å². The molecule has 0 aliphatic heterocycles. The number of rotatable bonds is 4. The third-order valence-corrected chi connectivity index (χ3v) is 2.74. The van der Waals surface area contributed by atoms with Gasteiger partial charge in [-0.15, -0.1) is 0 Å². The summed E-state index contributed by atoms with van der Waals surface area (Å²) in [5.74, 6) is 0.701. The molecule has 94 valence electrons. The fourth-order valence-corrected chi connectivity index (χ4v) is 1.73. The second kappa shape index (κ2) is 5.49. The maximum absolute atomic E-state index is 11.5. The number of carbonyl (C=O) groups excluding carboxylic acids is 1. The first-order valence-electron chi connectivity index (χ1n) is 5.94. The van der Waals surface area contributed by atoms with Gasteiger partial charge in [-0.3, -0.25) is 0 Å². The summed E-state index contributed by atoms with van der Waals surface area (Å²) in [7, 11) is 0. The summed E-state index contributed by atoms with van der Waals surface area (Å²) in [6.45, 7) is 4.92. The third kappa shape index (κ3) is 2.77. The van der Waals surface area contributed by atoms with Crippen molar-refractivity contribution in [1.82, 2.24) is 9.55 Å². The second-order valence-electron chi connectivity index (χ2n) is 4.02. The molecule has 1 aromatic carbocycles. The predicted octanol–water partition coefficient (Wildman–Crippen LogP) is 2.42. The number of esters is 1. The van der Waals surface area contributed by atoms with Crippen LogP contribution < -0.4 is 0 Å². The van der Waals surface area contributed by atoms with Crippen LogP contribution in [0.3, 0.4) is 0 Å². The number of imidazole rings is 1. The van der Waals surface area contributed by atoms with E-state index in [-0.39, 0.29) is 5.97 Å². The summed E-state index contributed by atoms with van der Waals surface area (Å²) >= 11 is 0. The van der Waals surface area contributed by atoms with Gasteiger partial charge in [0.05, 0.1) is 12.2 Å². The van der Waals surface area contributed by atoms with Crippen LogP contribution in [0.15, 0.2) is 36.7 Å². The van der Waals surface area contributed by atoms with Crippen LogP contribution in [0, 0.1) is 6.92 Å². The molecule has 0 saturated carbocycles. The lowest BCUT2D eigenvalue weighted by molar-refractivity contribution is 0.0526. The van der Waals surface area contributed by atoms with Gasteiger partial charge in [0.15, 0.2) is 0 Å². The van der Waals surface area contributed by atoms with Crippen molar-refractivity contribution in [2.45, 2.75) is 20.4 Å². The van der Waals surface area contributed by atoms with E-state index in [1.54, 1.807) is 25.3 Å². The molecule has 4 heteroatoms. The van der Waals surface area contributed by atoms with E-state index in [9.17, 15) is 4.79 Å². The van der Waals surface area contributed by atoms with Crippen LogP contribution in [0.5, 0.6) is 0 Å². The van der Waals surface area contributed by atoms with Crippen LogP contribution in [0.2, 0.25) is 0 Å². The number of ether oxygens (including phenoxy) is 1. The fourth-order valence-electron chi connectivity index (χ4n) is 1.73. The third-order valence-electron chi connectivity index (χ3n) is 2.74. The Morgan fingerprint density at radius 1 is 1.33 bits per heavy atom. The molecule has 0 fully saturated rings. The Balaban J connectivity index is 2.08. The first-order chi connectivity index (χ1) is 8.70. The van der Waals surface area contributed by atoms with Crippen LogP contribution in [-0.4, -0.2) is 22.1 Å². The van der Waals surface area contributed by atoms with Crippen LogP contribution in [-0.2, 0) is 11.3 Å². The normalized spacial score (nSPS) is 10.3. The number of carbonyl (C=O) groups is 1. The predicted molar refractivity (Wildman–Crippen MR) is 68.5 cm³/mol. The van der Waals surface area contributed by atoms with E-state index in [2.05, 4.69) is 9.55 Å². The standard InChI is InChI=1S/C14H16N2O2/c1-3-18-14(17)13-6-4-12(5-7-13)10-16-9-8-15-11(16)2/h4-9H,3,10H2,1-2H3. The monoisotopic (exact) mass is 244 g/mol. The molecule has 0 spiro atoms. The number of benzene rings is 1. The van der Waals surface area contributed by atoms with E-state index >= 15 is 0 Å². The SMILES string of the molecule is CCOC(=O)c1ccc(Cn2ccnc2C)cc1. The lowest BCUT2D eigenvalue weighted by atomic mass is 10.1. The van der Waals surface area contributed by atoms with E-state index < -0.39 is 0 Å². The Bertz CT molecular complexity index is 529. The second-order valence-corrected chi connectivity index (χ2v) is 4.02. The minimum absolute atomic E-state index is 0.275. The van der Waals surface area contributed by atoms with Crippen LogP contribution in [0.4, 0.5) is 0 Å². The zero-order valence-corrected chi connectivity index (χ0v) is 10.6. The van der Waals surface area contributed by atoms with Crippen molar-refractivity contribution in [3.8, 4) is 0 Å². The number of hydrogen-bond donors (Lipinski definition) is 0. The number of aryl methyl sites for hydroxylation is 1. The van der Waals surface area contributed by atoms with E-state index in [0.29, 0.717) is 12.2 Å². The molecule has 0 amide bonds. The number of aromatic nitrogens is 2. The first-order valence-corrected chi connectivity index (χ1v) is 5.94. The molecule has 1 aromatic heterocycles. The molecule has 18 heavy (non-hydrogen) atoms. The zero-order chi connectivity index (χ0) is 13.0. The van der Waals surface area contributed by atoms with Crippen LogP contribution in [0.25, 0.3) is 0 Å². The minimum atomic E-state index is -0.275. The van der Waals surface area contributed by atoms with Gasteiger partial charge < -0.3 is 9.30 Å². The molecule has 0 unspecified atom stereocenters. The van der Waals surface area contributed by atoms with Gasteiger partial charge in [0.1, 0.15) is 5.82 Å². The minimum Gasteiger partial charge on any atom is -0.462 e. The molecule has 0 radical (unpaired) electrons. The van der Waals surface area contributed by atoms with Crippen molar-refractivity contribution in [1.29, 1.82) is 0 Å². The molecule has 0 aliphatic carbocycles. The molecule has 2 rings (SSSR count). The molecule has 0 atom stereocenters. The Morgan fingerprint density at radius 2 is 2.06 bits per heavy atom. The quantitative estimate of drug-likeness (QED) is 0.776. The maximum Gasteiger partial charge on any atom is 0.338 e. The van der Waals surface area contributed by atoms with Crippen LogP contribution >= 0.6 is 0 Å². The summed E-state index contributed by atoms with van der Waals surface area (Å²) in [4.78, 5) is 15.7. The highest BCUT2D eigenvalue weighted by atomic mass is 16.5. The maximum atomic E-state index is 11.5. The molecule has 0 bridgehead atoms. The lowest BCUT2D eigenvalue weighted by Gasteiger charge is -2.06. The average molecular weight is 244 g/mol. The van der Waals surface area contributed by atoms with Gasteiger partial charge in [-0.1, -0.05) is 12.1 Å². The summed E-state index contributed by atoms with van der Waals surface area (Å²) in [5.41, 5.74) is 1.71. The summed E-state index contributed by atoms with van der Waals surface area (Å²) < 4.78 is 6.99. The van der Waals surface area contributed by atoms with Crippen molar-refractivity contribution in [2.24, 2.45) is 0 Å². The topological polar surface area (TPSA) is 44.1 Å². The van der Waals surface area contributed by atoms with Crippen molar-refractivity contribution in [2.75, 3.05) is 6.61 Å². The van der Waals surface area contributed by atoms with Crippen molar-refractivity contribution >= 4 is 5.97 Å². The Kier molecular flexibility index (Phi) is 3.77. The summed E-state index contributed by atoms with van der Waals surface area (Å²) in [6.07, 6.45) is 3.72. The molecule has 0 N–H and O–H groups in total. The number of hydrogen-bond acceptors (Lipinski definition) is 3. The van der Waals surface area contributed by atoms with E-state index in [1.807, 2.05) is 25.3 Å². The Labute approximate surface area is 106 Å². The highest BCUT2D eigenvalue weighted by Gasteiger charge is 2.06. The molecule has 2 aromatic rings. The smallest absolute Gasteiger partial charge is 0.338 e. The van der Waals surface area contributed by atoms with E-state index in [4.69, 9.17) is 4.74 Å².